The normalized spacial score (nSPS) is 23.3. The SMILES string of the molecule is CC1(O)CCCN(C(=O)c2cc(Br)cnc2NN)C1. The van der Waals surface area contributed by atoms with Gasteiger partial charge in [0.25, 0.3) is 5.91 Å². The molecule has 1 aromatic rings. The molecule has 1 aromatic heterocycles. The van der Waals surface area contributed by atoms with E-state index in [1.807, 2.05) is 0 Å². The number of nitrogens with one attached hydrogen (secondary N) is 1. The minimum atomic E-state index is -0.830. The van der Waals surface area contributed by atoms with Crippen LogP contribution in [0.4, 0.5) is 5.82 Å². The average Bonchev–Trinajstić information content (AvgIpc) is 2.36. The Kier molecular flexibility index (Phi) is 4.07. The van der Waals surface area contributed by atoms with Gasteiger partial charge in [-0.15, -0.1) is 0 Å². The van der Waals surface area contributed by atoms with Crippen LogP contribution in [-0.4, -0.2) is 39.6 Å². The molecule has 0 aromatic carbocycles. The van der Waals surface area contributed by atoms with Gasteiger partial charge in [-0.1, -0.05) is 0 Å². The van der Waals surface area contributed by atoms with Gasteiger partial charge in [0.2, 0.25) is 0 Å². The van der Waals surface area contributed by atoms with E-state index in [9.17, 15) is 9.90 Å². The molecule has 0 saturated carbocycles. The molecule has 1 fully saturated rings. The van der Waals surface area contributed by atoms with Gasteiger partial charge in [-0.2, -0.15) is 0 Å². The smallest absolute Gasteiger partial charge is 0.257 e. The number of rotatable bonds is 2. The molecule has 0 bridgehead atoms. The van der Waals surface area contributed by atoms with Crippen LogP contribution in [0.25, 0.3) is 0 Å². The quantitative estimate of drug-likeness (QED) is 0.559. The van der Waals surface area contributed by atoms with Crippen molar-refractivity contribution in [3.05, 3.63) is 22.3 Å². The zero-order valence-corrected chi connectivity index (χ0v) is 12.3. The number of carbonyl (C=O) groups is 1. The maximum atomic E-state index is 12.5. The second-order valence-corrected chi connectivity index (χ2v) is 5.94. The zero-order chi connectivity index (χ0) is 14.0. The standard InChI is InChI=1S/C12H17BrN4O2/c1-12(19)3-2-4-17(7-12)11(18)9-5-8(13)6-15-10(9)16-14/h5-6,19H,2-4,7,14H2,1H3,(H,15,16). The summed E-state index contributed by atoms with van der Waals surface area (Å²) >= 11 is 3.29. The number of likely N-dealkylation sites (tertiary alicyclic amines) is 1. The molecular formula is C12H17BrN4O2. The molecule has 0 spiro atoms. The summed E-state index contributed by atoms with van der Waals surface area (Å²) in [5.41, 5.74) is 1.99. The van der Waals surface area contributed by atoms with E-state index >= 15 is 0 Å². The lowest BCUT2D eigenvalue weighted by atomic mass is 9.95. The number of nitrogens with two attached hydrogens (primary N) is 1. The molecule has 6 nitrogen and oxygen atoms in total. The van der Waals surface area contributed by atoms with E-state index in [1.165, 1.54) is 0 Å². The minimum absolute atomic E-state index is 0.179. The molecule has 4 N–H and O–H groups in total. The minimum Gasteiger partial charge on any atom is -0.388 e. The number of aliphatic hydroxyl groups is 1. The lowest BCUT2D eigenvalue weighted by Gasteiger charge is -2.37. The van der Waals surface area contributed by atoms with E-state index in [2.05, 4.69) is 26.3 Å². The van der Waals surface area contributed by atoms with Gasteiger partial charge in [-0.3, -0.25) is 4.79 Å². The summed E-state index contributed by atoms with van der Waals surface area (Å²) in [7, 11) is 0. The van der Waals surface area contributed by atoms with Crippen molar-refractivity contribution in [1.82, 2.24) is 9.88 Å². The molecule has 1 saturated heterocycles. The van der Waals surface area contributed by atoms with Crippen LogP contribution in [0.1, 0.15) is 30.1 Å². The molecule has 7 heteroatoms. The first-order valence-corrected chi connectivity index (χ1v) is 6.86. The van der Waals surface area contributed by atoms with Crippen molar-refractivity contribution in [3.8, 4) is 0 Å². The monoisotopic (exact) mass is 328 g/mol. The summed E-state index contributed by atoms with van der Waals surface area (Å²) in [5.74, 6) is 5.53. The number of pyridine rings is 1. The lowest BCUT2D eigenvalue weighted by molar-refractivity contribution is -0.0107. The number of piperidine rings is 1. The summed E-state index contributed by atoms with van der Waals surface area (Å²) in [6.07, 6.45) is 3.05. The third-order valence-corrected chi connectivity index (χ3v) is 3.62. The number of nitrogens with zero attached hydrogens (tertiary/aromatic N) is 2. The highest BCUT2D eigenvalue weighted by Crippen LogP contribution is 2.24. The van der Waals surface area contributed by atoms with Crippen molar-refractivity contribution >= 4 is 27.7 Å². The van der Waals surface area contributed by atoms with E-state index < -0.39 is 5.60 Å². The topological polar surface area (TPSA) is 91.5 Å². The highest BCUT2D eigenvalue weighted by Gasteiger charge is 2.32. The first-order valence-electron chi connectivity index (χ1n) is 6.07. The van der Waals surface area contributed by atoms with Crippen LogP contribution in [0.2, 0.25) is 0 Å². The number of hydrogen-bond donors (Lipinski definition) is 3. The maximum Gasteiger partial charge on any atom is 0.257 e. The predicted molar refractivity (Wildman–Crippen MR) is 75.5 cm³/mol. The first-order chi connectivity index (χ1) is 8.93. The molecule has 2 rings (SSSR count). The van der Waals surface area contributed by atoms with Gasteiger partial charge >= 0.3 is 0 Å². The van der Waals surface area contributed by atoms with E-state index in [4.69, 9.17) is 5.84 Å². The summed E-state index contributed by atoms with van der Waals surface area (Å²) in [6, 6.07) is 1.67. The molecule has 1 aliphatic rings. The molecule has 19 heavy (non-hydrogen) atoms. The highest BCUT2D eigenvalue weighted by atomic mass is 79.9. The van der Waals surface area contributed by atoms with Gasteiger partial charge in [-0.05, 0) is 41.8 Å². The van der Waals surface area contributed by atoms with Gasteiger partial charge in [0.1, 0.15) is 0 Å². The van der Waals surface area contributed by atoms with Gasteiger partial charge in [0.05, 0.1) is 11.2 Å². The van der Waals surface area contributed by atoms with Crippen LogP contribution >= 0.6 is 15.9 Å². The Morgan fingerprint density at radius 3 is 3.05 bits per heavy atom. The number of β-amino-alcohol motifs (C(OH)–C–C–N with tert-alkyl or cyclic N) is 1. The lowest BCUT2D eigenvalue weighted by Crippen LogP contribution is -2.48. The fourth-order valence-corrected chi connectivity index (χ4v) is 2.61. The van der Waals surface area contributed by atoms with Crippen LogP contribution < -0.4 is 11.3 Å². The molecule has 1 atom stereocenters. The third kappa shape index (κ3) is 3.23. The Hall–Kier alpha value is -1.18. The number of anilines is 1. The van der Waals surface area contributed by atoms with Crippen molar-refractivity contribution in [2.24, 2.45) is 5.84 Å². The van der Waals surface area contributed by atoms with Crippen molar-refractivity contribution < 1.29 is 9.90 Å². The summed E-state index contributed by atoms with van der Waals surface area (Å²) in [4.78, 5) is 18.2. The Labute approximate surface area is 120 Å². The van der Waals surface area contributed by atoms with Crippen LogP contribution in [0.3, 0.4) is 0 Å². The molecule has 1 amide bonds. The van der Waals surface area contributed by atoms with E-state index in [0.29, 0.717) is 35.4 Å². The number of hydrogen-bond acceptors (Lipinski definition) is 5. The number of nitrogen functional groups attached to an aromatic ring is 1. The number of carbonyl (C=O) groups excluding carboxylic acids is 1. The first kappa shape index (κ1) is 14.2. The van der Waals surface area contributed by atoms with Gasteiger partial charge in [0.15, 0.2) is 5.82 Å². The van der Waals surface area contributed by atoms with Crippen LogP contribution in [0, 0.1) is 0 Å². The molecule has 0 aliphatic carbocycles. The Morgan fingerprint density at radius 2 is 2.42 bits per heavy atom. The number of aromatic nitrogens is 1. The second-order valence-electron chi connectivity index (χ2n) is 5.02. The van der Waals surface area contributed by atoms with Crippen LogP contribution in [-0.2, 0) is 0 Å². The van der Waals surface area contributed by atoms with Gasteiger partial charge in [0, 0.05) is 23.8 Å². The van der Waals surface area contributed by atoms with E-state index in [-0.39, 0.29) is 5.91 Å². The fourth-order valence-electron chi connectivity index (χ4n) is 2.28. The highest BCUT2D eigenvalue weighted by molar-refractivity contribution is 9.10. The van der Waals surface area contributed by atoms with Crippen LogP contribution in [0.5, 0.6) is 0 Å². The molecule has 104 valence electrons. The van der Waals surface area contributed by atoms with Crippen molar-refractivity contribution in [3.63, 3.8) is 0 Å². The molecule has 0 radical (unpaired) electrons. The number of halogens is 1. The second kappa shape index (κ2) is 5.44. The van der Waals surface area contributed by atoms with E-state index in [1.54, 1.807) is 24.1 Å². The largest absolute Gasteiger partial charge is 0.388 e. The molecule has 2 heterocycles. The molecule has 1 aliphatic heterocycles. The Balaban J connectivity index is 2.26. The summed E-state index contributed by atoms with van der Waals surface area (Å²) in [6.45, 7) is 2.70. The Morgan fingerprint density at radius 1 is 1.68 bits per heavy atom. The summed E-state index contributed by atoms with van der Waals surface area (Å²) in [5, 5.41) is 10.1. The molecular weight excluding hydrogens is 312 g/mol. The zero-order valence-electron chi connectivity index (χ0n) is 10.7. The summed E-state index contributed by atoms with van der Waals surface area (Å²) < 4.78 is 0.707. The van der Waals surface area contributed by atoms with Gasteiger partial charge < -0.3 is 15.4 Å². The molecule has 1 unspecified atom stereocenters. The van der Waals surface area contributed by atoms with Crippen molar-refractivity contribution in [1.29, 1.82) is 0 Å². The van der Waals surface area contributed by atoms with E-state index in [0.717, 1.165) is 6.42 Å². The average molecular weight is 329 g/mol. The maximum absolute atomic E-state index is 12.5. The van der Waals surface area contributed by atoms with Crippen LogP contribution in [0.15, 0.2) is 16.7 Å². The van der Waals surface area contributed by atoms with Crippen molar-refractivity contribution in [2.45, 2.75) is 25.4 Å². The predicted octanol–water partition coefficient (Wildman–Crippen LogP) is 1.12. The Bertz CT molecular complexity index is 493. The third-order valence-electron chi connectivity index (χ3n) is 3.18. The van der Waals surface area contributed by atoms with Gasteiger partial charge in [-0.25, -0.2) is 10.8 Å². The fraction of sp³-hybridized carbons (Fsp3) is 0.500. The van der Waals surface area contributed by atoms with Crippen molar-refractivity contribution in [2.75, 3.05) is 18.5 Å². The number of amides is 1. The number of hydrazine groups is 1.